The predicted octanol–water partition coefficient (Wildman–Crippen LogP) is 1.41. The van der Waals surface area contributed by atoms with Crippen LogP contribution in [0.1, 0.15) is 34.8 Å². The van der Waals surface area contributed by atoms with Crippen molar-refractivity contribution < 1.29 is 53.6 Å². The van der Waals surface area contributed by atoms with E-state index in [-0.39, 0.29) is 13.2 Å². The molecule has 41 heavy (non-hydrogen) atoms. The fraction of sp³-hybridized carbons (Fsp3) is 0.467. The molecule has 11 nitrogen and oxygen atoms in total. The molecule has 220 valence electrons. The summed E-state index contributed by atoms with van der Waals surface area (Å²) >= 11 is 0. The third kappa shape index (κ3) is 5.64. The molecule has 2 unspecified atom stereocenters. The fourth-order valence-corrected chi connectivity index (χ4v) is 5.43. The van der Waals surface area contributed by atoms with Crippen molar-refractivity contribution in [2.45, 2.75) is 74.0 Å². The van der Waals surface area contributed by atoms with Crippen molar-refractivity contribution in [1.29, 1.82) is 0 Å². The van der Waals surface area contributed by atoms with E-state index in [1.165, 1.54) is 0 Å². The molecule has 0 aromatic heterocycles. The van der Waals surface area contributed by atoms with Gasteiger partial charge < -0.3 is 53.6 Å². The molecule has 4 aliphatic heterocycles. The van der Waals surface area contributed by atoms with Crippen LogP contribution in [-0.2, 0) is 33.2 Å². The Morgan fingerprint density at radius 3 is 1.34 bits per heavy atom. The second-order valence-electron chi connectivity index (χ2n) is 10.5. The van der Waals surface area contributed by atoms with Crippen LogP contribution in [0.15, 0.2) is 61.7 Å². The number of fused-ring (bicyclic) bond motifs is 2. The molecule has 0 spiro atoms. The van der Waals surface area contributed by atoms with E-state index in [4.69, 9.17) is 33.2 Å². The van der Waals surface area contributed by atoms with E-state index in [2.05, 4.69) is 13.2 Å². The van der Waals surface area contributed by atoms with Crippen LogP contribution in [0.25, 0.3) is 12.2 Å². The Morgan fingerprint density at radius 2 is 0.976 bits per heavy atom. The number of ether oxygens (including phenoxy) is 7. The van der Waals surface area contributed by atoms with Crippen molar-refractivity contribution in [1.82, 2.24) is 0 Å². The summed E-state index contributed by atoms with van der Waals surface area (Å²) in [6.07, 6.45) is -10.0. The first-order chi connectivity index (χ1) is 19.9. The topological polar surface area (TPSA) is 146 Å². The highest BCUT2D eigenvalue weighted by molar-refractivity contribution is 5.48. The van der Waals surface area contributed by atoms with Crippen LogP contribution < -0.4 is 0 Å². The molecule has 4 heterocycles. The number of aliphatic hydroxyl groups excluding tert-OH is 4. The number of aliphatic hydroxyl groups is 4. The van der Waals surface area contributed by atoms with Crippen LogP contribution in [0.2, 0.25) is 0 Å². The summed E-state index contributed by atoms with van der Waals surface area (Å²) in [6.45, 7) is 7.59. The number of hydrogen-bond donors (Lipinski definition) is 4. The molecule has 4 fully saturated rings. The van der Waals surface area contributed by atoms with Gasteiger partial charge in [0.1, 0.15) is 48.8 Å². The van der Waals surface area contributed by atoms with Gasteiger partial charge in [-0.25, -0.2) is 0 Å². The first-order valence-electron chi connectivity index (χ1n) is 13.5. The maximum atomic E-state index is 10.9. The molecule has 0 saturated carbocycles. The van der Waals surface area contributed by atoms with E-state index >= 15 is 0 Å². The van der Waals surface area contributed by atoms with Gasteiger partial charge in [0.05, 0.1) is 13.2 Å². The standard InChI is InChI=1S/C30H34O11/c1-3-15-5-9-17(10-6-15)27-35-13-19-25(39-27)21(31)23(33)29(37-19)41-30-24(34)22(32)26-20(38-30)14-36-28(40-26)18-11-7-16(4-2)8-12-18/h3-12,19-34H,1-2,13-14H2/t19-,20-,21-,22-,23-,24-,25-,26-,27?,28?,29-,30-/m1/s1. The second kappa shape index (κ2) is 12.0. The first-order valence-corrected chi connectivity index (χ1v) is 13.5. The van der Waals surface area contributed by atoms with Crippen LogP contribution >= 0.6 is 0 Å². The Hall–Kier alpha value is -2.52. The van der Waals surface area contributed by atoms with Gasteiger partial charge in [0.25, 0.3) is 0 Å². The number of hydrogen-bond acceptors (Lipinski definition) is 11. The van der Waals surface area contributed by atoms with Crippen LogP contribution in [-0.4, -0.2) is 95.1 Å². The van der Waals surface area contributed by atoms with Gasteiger partial charge in [0.15, 0.2) is 25.2 Å². The SMILES string of the molecule is C=Cc1ccc(C2OC[C@H]3O[C@H](O[C@H]4O[C@@H]5COC(c6ccc(C=C)cc6)O[C@H]5[C@H](O)[C@H]4O)[C@H](O)[C@@H](O)[C@@H]3O2)cc1. The average molecular weight is 571 g/mol. The van der Waals surface area contributed by atoms with E-state index in [0.717, 1.165) is 22.3 Å². The van der Waals surface area contributed by atoms with Crippen molar-refractivity contribution in [3.05, 3.63) is 83.9 Å². The molecule has 11 heteroatoms. The molecular formula is C30H34O11. The molecule has 0 aliphatic carbocycles. The van der Waals surface area contributed by atoms with Crippen molar-refractivity contribution in [3.63, 3.8) is 0 Å². The van der Waals surface area contributed by atoms with Crippen molar-refractivity contribution in [3.8, 4) is 0 Å². The molecule has 0 amide bonds. The van der Waals surface area contributed by atoms with Gasteiger partial charge >= 0.3 is 0 Å². The summed E-state index contributed by atoms with van der Waals surface area (Å²) < 4.78 is 41.0. The van der Waals surface area contributed by atoms with Crippen LogP contribution in [0.5, 0.6) is 0 Å². The molecule has 2 aromatic carbocycles. The van der Waals surface area contributed by atoms with Crippen molar-refractivity contribution >= 4 is 12.2 Å². The summed E-state index contributed by atoms with van der Waals surface area (Å²) in [4.78, 5) is 0. The third-order valence-corrected chi connectivity index (χ3v) is 7.82. The van der Waals surface area contributed by atoms with Gasteiger partial charge in [-0.1, -0.05) is 73.8 Å². The minimum absolute atomic E-state index is 0.0560. The van der Waals surface area contributed by atoms with Gasteiger partial charge in [-0.2, -0.15) is 0 Å². The minimum atomic E-state index is -1.54. The normalized spacial score (nSPS) is 40.7. The highest BCUT2D eigenvalue weighted by atomic mass is 16.8. The van der Waals surface area contributed by atoms with Crippen LogP contribution in [0, 0.1) is 0 Å². The van der Waals surface area contributed by atoms with Gasteiger partial charge in [0, 0.05) is 11.1 Å². The lowest BCUT2D eigenvalue weighted by atomic mass is 9.96. The third-order valence-electron chi connectivity index (χ3n) is 7.82. The van der Waals surface area contributed by atoms with E-state index in [0.29, 0.717) is 0 Å². The predicted molar refractivity (Wildman–Crippen MR) is 143 cm³/mol. The Labute approximate surface area is 237 Å². The lowest BCUT2D eigenvalue weighted by Crippen LogP contribution is -2.66. The molecule has 4 N–H and O–H groups in total. The van der Waals surface area contributed by atoms with Gasteiger partial charge in [0.2, 0.25) is 0 Å². The molecule has 4 aliphatic rings. The van der Waals surface area contributed by atoms with E-state index < -0.39 is 74.0 Å². The summed E-state index contributed by atoms with van der Waals surface area (Å²) in [5, 5.41) is 43.4. The smallest absolute Gasteiger partial charge is 0.189 e. The van der Waals surface area contributed by atoms with Crippen LogP contribution in [0.3, 0.4) is 0 Å². The first kappa shape index (κ1) is 28.6. The maximum Gasteiger partial charge on any atom is 0.189 e. The summed E-state index contributed by atoms with van der Waals surface area (Å²) in [7, 11) is 0. The lowest BCUT2D eigenvalue weighted by molar-refractivity contribution is -0.412. The van der Waals surface area contributed by atoms with Crippen LogP contribution in [0.4, 0.5) is 0 Å². The fourth-order valence-electron chi connectivity index (χ4n) is 5.43. The molecule has 12 atom stereocenters. The number of rotatable bonds is 6. The largest absolute Gasteiger partial charge is 0.387 e. The van der Waals surface area contributed by atoms with Gasteiger partial charge in [-0.3, -0.25) is 0 Å². The van der Waals surface area contributed by atoms with Gasteiger partial charge in [-0.15, -0.1) is 0 Å². The highest BCUT2D eigenvalue weighted by Gasteiger charge is 2.54. The molecule has 0 bridgehead atoms. The zero-order chi connectivity index (χ0) is 28.7. The van der Waals surface area contributed by atoms with Crippen molar-refractivity contribution in [2.24, 2.45) is 0 Å². The monoisotopic (exact) mass is 570 g/mol. The Bertz CT molecular complexity index is 1110. The molecular weight excluding hydrogens is 536 g/mol. The molecule has 0 radical (unpaired) electrons. The maximum absolute atomic E-state index is 10.9. The summed E-state index contributed by atoms with van der Waals surface area (Å²) in [6, 6.07) is 14.8. The van der Waals surface area contributed by atoms with Crippen molar-refractivity contribution in [2.75, 3.05) is 13.2 Å². The lowest BCUT2D eigenvalue weighted by Gasteiger charge is -2.49. The summed E-state index contributed by atoms with van der Waals surface area (Å²) in [5.74, 6) is 0. The second-order valence-corrected chi connectivity index (χ2v) is 10.5. The number of benzene rings is 2. The average Bonchev–Trinajstić information content (AvgIpc) is 3.02. The van der Waals surface area contributed by atoms with E-state index in [1.54, 1.807) is 12.2 Å². The minimum Gasteiger partial charge on any atom is -0.387 e. The molecule has 2 aromatic rings. The summed E-state index contributed by atoms with van der Waals surface area (Å²) in [5.41, 5.74) is 3.35. The zero-order valence-corrected chi connectivity index (χ0v) is 22.2. The van der Waals surface area contributed by atoms with E-state index in [9.17, 15) is 20.4 Å². The quantitative estimate of drug-likeness (QED) is 0.400. The Morgan fingerprint density at radius 1 is 0.585 bits per heavy atom. The molecule has 6 rings (SSSR count). The van der Waals surface area contributed by atoms with Gasteiger partial charge in [-0.05, 0) is 11.1 Å². The Kier molecular flexibility index (Phi) is 8.37. The Balaban J connectivity index is 1.07. The highest BCUT2D eigenvalue weighted by Crippen LogP contribution is 2.38. The zero-order valence-electron chi connectivity index (χ0n) is 22.2. The molecule has 4 saturated heterocycles. The van der Waals surface area contributed by atoms with E-state index in [1.807, 2.05) is 48.5 Å².